The third-order valence-electron chi connectivity index (χ3n) is 6.80. The lowest BCUT2D eigenvalue weighted by molar-refractivity contribution is -0.122. The summed E-state index contributed by atoms with van der Waals surface area (Å²) in [5, 5.41) is 3.73. The summed E-state index contributed by atoms with van der Waals surface area (Å²) >= 11 is 0. The number of nitrogens with one attached hydrogen (secondary N) is 2. The van der Waals surface area contributed by atoms with Crippen LogP contribution in [0, 0.1) is 6.92 Å². The number of anilines is 2. The number of aryl methyl sites for hydroxylation is 1. The van der Waals surface area contributed by atoms with Crippen molar-refractivity contribution in [1.82, 2.24) is 9.88 Å². The van der Waals surface area contributed by atoms with Gasteiger partial charge in [0, 0.05) is 41.8 Å². The minimum atomic E-state index is -0.920. The summed E-state index contributed by atoms with van der Waals surface area (Å²) in [6.45, 7) is 3.62. The smallest absolute Gasteiger partial charge is 0.257 e. The number of fused-ring (bicyclic) bond motifs is 1. The molecule has 0 radical (unpaired) electrons. The second-order valence-corrected chi connectivity index (χ2v) is 9.49. The van der Waals surface area contributed by atoms with E-state index in [9.17, 15) is 19.2 Å². The maximum absolute atomic E-state index is 13.7. The van der Waals surface area contributed by atoms with Gasteiger partial charge < -0.3 is 15.2 Å². The van der Waals surface area contributed by atoms with Gasteiger partial charge in [-0.3, -0.25) is 19.2 Å². The molecule has 8 heteroatoms. The molecular weight excluding hydrogens is 480 g/mol. The van der Waals surface area contributed by atoms with E-state index in [2.05, 4.69) is 10.3 Å². The molecule has 1 aliphatic rings. The van der Waals surface area contributed by atoms with E-state index in [-0.39, 0.29) is 30.7 Å². The average Bonchev–Trinajstić information content (AvgIpc) is 3.45. The maximum Gasteiger partial charge on any atom is 0.257 e. The third-order valence-corrected chi connectivity index (χ3v) is 6.80. The Kier molecular flexibility index (Phi) is 6.79. The average molecular weight is 509 g/mol. The molecule has 4 amide bonds. The molecule has 1 fully saturated rings. The van der Waals surface area contributed by atoms with E-state index in [1.165, 1.54) is 11.8 Å². The van der Waals surface area contributed by atoms with Crippen LogP contribution in [0.1, 0.15) is 34.8 Å². The molecule has 0 saturated carbocycles. The third kappa shape index (κ3) is 4.93. The Morgan fingerprint density at radius 2 is 1.71 bits per heavy atom. The highest BCUT2D eigenvalue weighted by atomic mass is 16.2. The molecule has 0 bridgehead atoms. The number of para-hydroxylation sites is 1. The van der Waals surface area contributed by atoms with Crippen LogP contribution in [0.5, 0.6) is 0 Å². The lowest BCUT2D eigenvalue weighted by Crippen LogP contribution is -2.46. The van der Waals surface area contributed by atoms with Crippen molar-refractivity contribution >= 4 is 45.9 Å². The van der Waals surface area contributed by atoms with Crippen LogP contribution in [-0.4, -0.2) is 46.1 Å². The van der Waals surface area contributed by atoms with E-state index < -0.39 is 11.9 Å². The van der Waals surface area contributed by atoms with Gasteiger partial charge in [-0.15, -0.1) is 0 Å². The fourth-order valence-corrected chi connectivity index (χ4v) is 4.87. The predicted molar refractivity (Wildman–Crippen MR) is 146 cm³/mol. The van der Waals surface area contributed by atoms with E-state index in [0.717, 1.165) is 26.9 Å². The van der Waals surface area contributed by atoms with Crippen molar-refractivity contribution in [2.24, 2.45) is 0 Å². The first kappa shape index (κ1) is 25.0. The number of imide groups is 1. The van der Waals surface area contributed by atoms with Crippen molar-refractivity contribution < 1.29 is 19.2 Å². The number of nitrogens with zero attached hydrogens (tertiary/aromatic N) is 2. The fraction of sp³-hybridized carbons (Fsp3) is 0.200. The van der Waals surface area contributed by atoms with Crippen LogP contribution in [0.2, 0.25) is 0 Å². The minimum Gasteiger partial charge on any atom is -0.361 e. The number of benzene rings is 3. The van der Waals surface area contributed by atoms with E-state index in [4.69, 9.17) is 0 Å². The zero-order valence-electron chi connectivity index (χ0n) is 21.2. The van der Waals surface area contributed by atoms with E-state index >= 15 is 0 Å². The monoisotopic (exact) mass is 508 g/mol. The van der Waals surface area contributed by atoms with Gasteiger partial charge in [-0.1, -0.05) is 35.9 Å². The number of carbonyl (C=O) groups excluding carboxylic acids is 4. The standard InChI is InChI=1S/C30H28N4O4/c1-19-7-9-21(10-8-19)29(37)33(16-15-22-18-31-26-6-4-3-5-25(22)26)27-17-28(36)34(30(27)38)24-13-11-23(12-14-24)32-20(2)35/h3-14,18,27,31H,15-17H2,1-2H3,(H,32,35). The van der Waals surface area contributed by atoms with Crippen LogP contribution < -0.4 is 10.2 Å². The van der Waals surface area contributed by atoms with Crippen molar-refractivity contribution in [3.8, 4) is 0 Å². The van der Waals surface area contributed by atoms with Crippen LogP contribution in [0.25, 0.3) is 10.9 Å². The SMILES string of the molecule is CC(=O)Nc1ccc(N2C(=O)CC(N(CCc3c[nH]c4ccccc34)C(=O)c3ccc(C)cc3)C2=O)cc1. The van der Waals surface area contributed by atoms with Gasteiger partial charge in [0.25, 0.3) is 11.8 Å². The first-order valence-corrected chi connectivity index (χ1v) is 12.5. The highest BCUT2D eigenvalue weighted by molar-refractivity contribution is 6.23. The van der Waals surface area contributed by atoms with Gasteiger partial charge in [0.15, 0.2) is 0 Å². The molecule has 3 aromatic carbocycles. The maximum atomic E-state index is 13.7. The van der Waals surface area contributed by atoms with Gasteiger partial charge in [0.2, 0.25) is 11.8 Å². The van der Waals surface area contributed by atoms with Crippen molar-refractivity contribution in [2.45, 2.75) is 32.7 Å². The number of aromatic amines is 1. The molecular formula is C30H28N4O4. The number of hydrogen-bond acceptors (Lipinski definition) is 4. The molecule has 1 atom stereocenters. The molecule has 38 heavy (non-hydrogen) atoms. The summed E-state index contributed by atoms with van der Waals surface area (Å²) < 4.78 is 0. The summed E-state index contributed by atoms with van der Waals surface area (Å²) in [6, 6.07) is 20.7. The second kappa shape index (κ2) is 10.3. The Labute approximate surface area is 220 Å². The molecule has 1 aromatic heterocycles. The molecule has 2 N–H and O–H groups in total. The summed E-state index contributed by atoms with van der Waals surface area (Å²) in [7, 11) is 0. The number of carbonyl (C=O) groups is 4. The van der Waals surface area contributed by atoms with E-state index in [0.29, 0.717) is 23.4 Å². The Morgan fingerprint density at radius 1 is 1.00 bits per heavy atom. The topological polar surface area (TPSA) is 103 Å². The quantitative estimate of drug-likeness (QED) is 0.360. The van der Waals surface area contributed by atoms with Gasteiger partial charge in [-0.05, 0) is 61.4 Å². The van der Waals surface area contributed by atoms with Gasteiger partial charge in [-0.2, -0.15) is 0 Å². The first-order valence-electron chi connectivity index (χ1n) is 12.5. The second-order valence-electron chi connectivity index (χ2n) is 9.49. The molecule has 192 valence electrons. The lowest BCUT2D eigenvalue weighted by atomic mass is 10.1. The van der Waals surface area contributed by atoms with Crippen molar-refractivity contribution in [3.05, 3.63) is 95.7 Å². The van der Waals surface area contributed by atoms with Crippen LogP contribution in [0.15, 0.2) is 79.0 Å². The Morgan fingerprint density at radius 3 is 2.42 bits per heavy atom. The number of aromatic nitrogens is 1. The van der Waals surface area contributed by atoms with Gasteiger partial charge in [0.05, 0.1) is 12.1 Å². The molecule has 1 aliphatic heterocycles. The number of amides is 4. The van der Waals surface area contributed by atoms with Gasteiger partial charge >= 0.3 is 0 Å². The number of hydrogen-bond donors (Lipinski definition) is 2. The van der Waals surface area contributed by atoms with Crippen LogP contribution in [0.3, 0.4) is 0 Å². The van der Waals surface area contributed by atoms with Crippen LogP contribution in [-0.2, 0) is 20.8 Å². The summed E-state index contributed by atoms with van der Waals surface area (Å²) in [4.78, 5) is 57.6. The van der Waals surface area contributed by atoms with Crippen LogP contribution in [0.4, 0.5) is 11.4 Å². The molecule has 5 rings (SSSR count). The number of H-pyrrole nitrogens is 1. The molecule has 4 aromatic rings. The minimum absolute atomic E-state index is 0.0994. The molecule has 1 unspecified atom stereocenters. The van der Waals surface area contributed by atoms with E-state index in [1.54, 1.807) is 36.4 Å². The Bertz CT molecular complexity index is 1520. The largest absolute Gasteiger partial charge is 0.361 e. The highest BCUT2D eigenvalue weighted by Gasteiger charge is 2.44. The van der Waals surface area contributed by atoms with Gasteiger partial charge in [0.1, 0.15) is 6.04 Å². The predicted octanol–water partition coefficient (Wildman–Crippen LogP) is 4.45. The summed E-state index contributed by atoms with van der Waals surface area (Å²) in [6.07, 6.45) is 2.34. The summed E-state index contributed by atoms with van der Waals surface area (Å²) in [5.41, 5.74) is 4.48. The Balaban J connectivity index is 1.43. The fourth-order valence-electron chi connectivity index (χ4n) is 4.87. The zero-order chi connectivity index (χ0) is 26.8. The van der Waals surface area contributed by atoms with Crippen molar-refractivity contribution in [2.75, 3.05) is 16.8 Å². The molecule has 2 heterocycles. The Hall–Kier alpha value is -4.72. The van der Waals surface area contributed by atoms with Crippen LogP contribution >= 0.6 is 0 Å². The van der Waals surface area contributed by atoms with E-state index in [1.807, 2.05) is 49.5 Å². The summed E-state index contributed by atoms with van der Waals surface area (Å²) in [5.74, 6) is -1.33. The first-order chi connectivity index (χ1) is 18.3. The van der Waals surface area contributed by atoms with Gasteiger partial charge in [-0.25, -0.2) is 4.90 Å². The molecule has 0 aliphatic carbocycles. The number of rotatable bonds is 7. The normalized spacial score (nSPS) is 15.2. The lowest BCUT2D eigenvalue weighted by Gasteiger charge is -2.28. The van der Waals surface area contributed by atoms with Crippen molar-refractivity contribution in [3.63, 3.8) is 0 Å². The zero-order valence-corrected chi connectivity index (χ0v) is 21.2. The van der Waals surface area contributed by atoms with Crippen molar-refractivity contribution in [1.29, 1.82) is 0 Å². The highest BCUT2D eigenvalue weighted by Crippen LogP contribution is 2.28. The molecule has 1 saturated heterocycles. The molecule has 8 nitrogen and oxygen atoms in total. The molecule has 0 spiro atoms.